The van der Waals surface area contributed by atoms with Crippen LogP contribution in [0.25, 0.3) is 5.69 Å². The molecule has 0 saturated heterocycles. The quantitative estimate of drug-likeness (QED) is 0.159. The monoisotopic (exact) mass is 564 g/mol. The first-order valence-corrected chi connectivity index (χ1v) is 11.0. The van der Waals surface area contributed by atoms with Gasteiger partial charge in [0.25, 0.3) is 0 Å². The summed E-state index contributed by atoms with van der Waals surface area (Å²) >= 11 is 0. The van der Waals surface area contributed by atoms with Crippen molar-refractivity contribution in [2.75, 3.05) is 26.4 Å². The molecule has 0 radical (unpaired) electrons. The molecule has 0 unspecified atom stereocenters. The molecular formula is C24H33IN6O2. The Balaban J connectivity index is 0.00000385. The highest BCUT2D eigenvalue weighted by molar-refractivity contribution is 14.0. The molecule has 1 heterocycles. The Morgan fingerprint density at radius 3 is 2.58 bits per heavy atom. The van der Waals surface area contributed by atoms with Gasteiger partial charge in [0, 0.05) is 25.3 Å². The third-order valence-corrected chi connectivity index (χ3v) is 4.74. The Morgan fingerprint density at radius 1 is 1.06 bits per heavy atom. The molecule has 178 valence electrons. The molecule has 2 aromatic carbocycles. The van der Waals surface area contributed by atoms with Gasteiger partial charge < -0.3 is 20.1 Å². The largest absolute Gasteiger partial charge is 0.491 e. The number of aromatic nitrogens is 3. The van der Waals surface area contributed by atoms with Crippen molar-refractivity contribution in [1.82, 2.24) is 25.4 Å². The molecule has 1 aromatic heterocycles. The standard InChI is InChI=1S/C24H32N6O2.HI/c1-4-26-24(27-15-20-7-10-22(11-8-20)30-18-25-17-29-30)28-16-21-9-6-19(3)14-23(21)32-13-12-31-5-2;/h6-11,14,17-18H,4-5,12-13,15-16H2,1-3H3,(H2,26,27,28);1H. The van der Waals surface area contributed by atoms with E-state index in [0.29, 0.717) is 32.9 Å². The topological polar surface area (TPSA) is 85.6 Å². The van der Waals surface area contributed by atoms with Gasteiger partial charge in [-0.15, -0.1) is 24.0 Å². The minimum atomic E-state index is 0. The van der Waals surface area contributed by atoms with Crippen LogP contribution in [0.5, 0.6) is 5.75 Å². The Morgan fingerprint density at radius 2 is 1.88 bits per heavy atom. The van der Waals surface area contributed by atoms with E-state index in [9.17, 15) is 0 Å². The molecule has 33 heavy (non-hydrogen) atoms. The third-order valence-electron chi connectivity index (χ3n) is 4.74. The number of rotatable bonds is 11. The first kappa shape index (κ1) is 26.6. The minimum Gasteiger partial charge on any atom is -0.491 e. The fourth-order valence-electron chi connectivity index (χ4n) is 3.08. The van der Waals surface area contributed by atoms with Crippen molar-refractivity contribution in [3.63, 3.8) is 0 Å². The maximum atomic E-state index is 5.95. The van der Waals surface area contributed by atoms with Crippen molar-refractivity contribution in [2.45, 2.75) is 33.9 Å². The first-order chi connectivity index (χ1) is 15.7. The molecule has 0 atom stereocenters. The predicted octanol–water partition coefficient (Wildman–Crippen LogP) is 3.86. The molecule has 8 nitrogen and oxygen atoms in total. The summed E-state index contributed by atoms with van der Waals surface area (Å²) in [5.41, 5.74) is 4.32. The Hall–Kier alpha value is -2.66. The molecule has 0 bridgehead atoms. The number of hydrogen-bond acceptors (Lipinski definition) is 5. The first-order valence-electron chi connectivity index (χ1n) is 11.0. The molecule has 0 aliphatic heterocycles. The second-order valence-corrected chi connectivity index (χ2v) is 7.21. The second-order valence-electron chi connectivity index (χ2n) is 7.21. The van der Waals surface area contributed by atoms with Crippen molar-refractivity contribution in [2.24, 2.45) is 4.99 Å². The van der Waals surface area contributed by atoms with Crippen molar-refractivity contribution in [3.05, 3.63) is 71.8 Å². The molecule has 2 N–H and O–H groups in total. The van der Waals surface area contributed by atoms with Gasteiger partial charge in [-0.2, -0.15) is 5.10 Å². The van der Waals surface area contributed by atoms with Crippen molar-refractivity contribution >= 4 is 29.9 Å². The lowest BCUT2D eigenvalue weighted by atomic mass is 10.1. The van der Waals surface area contributed by atoms with E-state index in [1.165, 1.54) is 6.33 Å². The van der Waals surface area contributed by atoms with Crippen LogP contribution < -0.4 is 15.4 Å². The van der Waals surface area contributed by atoms with E-state index in [1.807, 2.05) is 31.2 Å². The van der Waals surface area contributed by atoms with Crippen LogP contribution in [0.4, 0.5) is 0 Å². The van der Waals surface area contributed by atoms with Crippen LogP contribution in [0.2, 0.25) is 0 Å². The highest BCUT2D eigenvalue weighted by Crippen LogP contribution is 2.20. The van der Waals surface area contributed by atoms with E-state index < -0.39 is 0 Å². The number of aryl methyl sites for hydroxylation is 1. The summed E-state index contributed by atoms with van der Waals surface area (Å²) in [6.07, 6.45) is 3.20. The van der Waals surface area contributed by atoms with Crippen molar-refractivity contribution in [3.8, 4) is 11.4 Å². The lowest BCUT2D eigenvalue weighted by Gasteiger charge is -2.15. The fourth-order valence-corrected chi connectivity index (χ4v) is 3.08. The summed E-state index contributed by atoms with van der Waals surface area (Å²) in [6, 6.07) is 14.4. The average molecular weight is 564 g/mol. The van der Waals surface area contributed by atoms with Gasteiger partial charge >= 0.3 is 0 Å². The summed E-state index contributed by atoms with van der Waals surface area (Å²) in [6.45, 7) is 9.86. The Labute approximate surface area is 212 Å². The van der Waals surface area contributed by atoms with Crippen LogP contribution in [0.3, 0.4) is 0 Å². The zero-order valence-electron chi connectivity index (χ0n) is 19.5. The summed E-state index contributed by atoms with van der Waals surface area (Å²) in [5, 5.41) is 10.9. The summed E-state index contributed by atoms with van der Waals surface area (Å²) in [7, 11) is 0. The third kappa shape index (κ3) is 8.65. The number of aliphatic imine (C=N–C) groups is 1. The number of benzene rings is 2. The Bertz CT molecular complexity index is 977. The van der Waals surface area contributed by atoms with Gasteiger partial charge in [0.2, 0.25) is 0 Å². The second kappa shape index (κ2) is 14.5. The van der Waals surface area contributed by atoms with Crippen molar-refractivity contribution < 1.29 is 9.47 Å². The van der Waals surface area contributed by atoms with Gasteiger partial charge in [0.15, 0.2) is 5.96 Å². The molecule has 0 aliphatic carbocycles. The van der Waals surface area contributed by atoms with E-state index in [2.05, 4.69) is 52.8 Å². The zero-order chi connectivity index (χ0) is 22.6. The minimum absolute atomic E-state index is 0. The molecule has 0 aliphatic rings. The number of nitrogens with zero attached hydrogens (tertiary/aromatic N) is 4. The molecule has 0 saturated carbocycles. The van der Waals surface area contributed by atoms with E-state index in [4.69, 9.17) is 14.5 Å². The summed E-state index contributed by atoms with van der Waals surface area (Å²) < 4.78 is 13.1. The lowest BCUT2D eigenvalue weighted by Crippen LogP contribution is -2.36. The van der Waals surface area contributed by atoms with E-state index >= 15 is 0 Å². The maximum absolute atomic E-state index is 5.95. The van der Waals surface area contributed by atoms with Crippen molar-refractivity contribution in [1.29, 1.82) is 0 Å². The summed E-state index contributed by atoms with van der Waals surface area (Å²) in [5.74, 6) is 1.63. The molecule has 3 aromatic rings. The van der Waals surface area contributed by atoms with Gasteiger partial charge in [-0.3, -0.25) is 0 Å². The van der Waals surface area contributed by atoms with Crippen LogP contribution in [0.15, 0.2) is 60.1 Å². The molecule has 9 heteroatoms. The maximum Gasteiger partial charge on any atom is 0.191 e. The lowest BCUT2D eigenvalue weighted by molar-refractivity contribution is 0.110. The Kier molecular flexibility index (Phi) is 11.7. The summed E-state index contributed by atoms with van der Waals surface area (Å²) in [4.78, 5) is 8.70. The molecular weight excluding hydrogens is 531 g/mol. The van der Waals surface area contributed by atoms with Crippen LogP contribution in [-0.4, -0.2) is 47.1 Å². The molecule has 0 spiro atoms. The van der Waals surface area contributed by atoms with Crippen LogP contribution >= 0.6 is 24.0 Å². The van der Waals surface area contributed by atoms with Crippen LogP contribution in [0.1, 0.15) is 30.5 Å². The smallest absolute Gasteiger partial charge is 0.191 e. The normalized spacial score (nSPS) is 11.1. The number of hydrogen-bond donors (Lipinski definition) is 2. The van der Waals surface area contributed by atoms with Gasteiger partial charge in [0.1, 0.15) is 25.0 Å². The number of guanidine groups is 1. The fraction of sp³-hybridized carbons (Fsp3) is 0.375. The van der Waals surface area contributed by atoms with Gasteiger partial charge in [-0.1, -0.05) is 24.3 Å². The number of ether oxygens (including phenoxy) is 2. The van der Waals surface area contributed by atoms with E-state index in [-0.39, 0.29) is 24.0 Å². The van der Waals surface area contributed by atoms with Gasteiger partial charge in [-0.05, 0) is 50.1 Å². The molecule has 0 fully saturated rings. The van der Waals surface area contributed by atoms with Gasteiger partial charge in [-0.25, -0.2) is 14.7 Å². The van der Waals surface area contributed by atoms with E-state index in [0.717, 1.165) is 40.6 Å². The van der Waals surface area contributed by atoms with Crippen LogP contribution in [-0.2, 0) is 17.8 Å². The van der Waals surface area contributed by atoms with E-state index in [1.54, 1.807) is 11.0 Å². The highest BCUT2D eigenvalue weighted by Gasteiger charge is 2.06. The van der Waals surface area contributed by atoms with Gasteiger partial charge in [0.05, 0.1) is 18.8 Å². The molecule has 0 amide bonds. The van der Waals surface area contributed by atoms with Crippen LogP contribution in [0, 0.1) is 6.92 Å². The number of nitrogens with one attached hydrogen (secondary N) is 2. The zero-order valence-corrected chi connectivity index (χ0v) is 21.8. The highest BCUT2D eigenvalue weighted by atomic mass is 127. The molecule has 3 rings (SSSR count). The number of halogens is 1. The SMILES string of the molecule is CCNC(=NCc1ccc(-n2cncn2)cc1)NCc1ccc(C)cc1OCCOCC.I. The average Bonchev–Trinajstić information content (AvgIpc) is 3.35. The predicted molar refractivity (Wildman–Crippen MR) is 142 cm³/mol.